The van der Waals surface area contributed by atoms with E-state index in [0.717, 1.165) is 0 Å². The lowest BCUT2D eigenvalue weighted by Crippen LogP contribution is -2.29. The standard InChI is InChI=1S/C7H8BN3O2/c9-6-3-11-7-5(6)1-4(2-10-7)8(12)13/h1-3,12-13H,9H2,(H,10,11). The van der Waals surface area contributed by atoms with Crippen LogP contribution in [-0.4, -0.2) is 27.1 Å². The van der Waals surface area contributed by atoms with Gasteiger partial charge in [0, 0.05) is 23.2 Å². The van der Waals surface area contributed by atoms with Gasteiger partial charge in [-0.05, 0) is 6.07 Å². The maximum atomic E-state index is 8.88. The van der Waals surface area contributed by atoms with Crippen molar-refractivity contribution in [2.45, 2.75) is 0 Å². The van der Waals surface area contributed by atoms with Gasteiger partial charge in [0.2, 0.25) is 0 Å². The summed E-state index contributed by atoms with van der Waals surface area (Å²) in [5.41, 5.74) is 7.13. The molecule has 13 heavy (non-hydrogen) atoms. The molecule has 0 aromatic carbocycles. The van der Waals surface area contributed by atoms with Gasteiger partial charge in [0.25, 0.3) is 0 Å². The van der Waals surface area contributed by atoms with Crippen molar-refractivity contribution in [3.8, 4) is 0 Å². The fourth-order valence-electron chi connectivity index (χ4n) is 1.18. The van der Waals surface area contributed by atoms with Crippen LogP contribution in [0.3, 0.4) is 0 Å². The van der Waals surface area contributed by atoms with E-state index >= 15 is 0 Å². The molecule has 0 fully saturated rings. The Labute approximate surface area is 74.4 Å². The van der Waals surface area contributed by atoms with Gasteiger partial charge in [-0.1, -0.05) is 0 Å². The van der Waals surface area contributed by atoms with Crippen LogP contribution in [0, 0.1) is 0 Å². The van der Waals surface area contributed by atoms with Crippen molar-refractivity contribution >= 4 is 29.3 Å². The first-order chi connectivity index (χ1) is 6.18. The molecule has 2 aromatic heterocycles. The lowest BCUT2D eigenvalue weighted by Gasteiger charge is -1.98. The molecule has 0 spiro atoms. The van der Waals surface area contributed by atoms with Crippen molar-refractivity contribution in [1.82, 2.24) is 9.97 Å². The number of rotatable bonds is 1. The Morgan fingerprint density at radius 1 is 1.46 bits per heavy atom. The van der Waals surface area contributed by atoms with Crippen LogP contribution in [0.4, 0.5) is 5.69 Å². The summed E-state index contributed by atoms with van der Waals surface area (Å²) in [6, 6.07) is 1.60. The minimum absolute atomic E-state index is 0.332. The van der Waals surface area contributed by atoms with Crippen molar-refractivity contribution in [2.24, 2.45) is 0 Å². The lowest BCUT2D eigenvalue weighted by molar-refractivity contribution is 0.425. The molecule has 2 rings (SSSR count). The van der Waals surface area contributed by atoms with E-state index in [1.807, 2.05) is 0 Å². The van der Waals surface area contributed by atoms with Crippen LogP contribution in [0.15, 0.2) is 18.5 Å². The summed E-state index contributed by atoms with van der Waals surface area (Å²) in [4.78, 5) is 6.82. The summed E-state index contributed by atoms with van der Waals surface area (Å²) < 4.78 is 0. The second-order valence-corrected chi connectivity index (χ2v) is 2.78. The van der Waals surface area contributed by atoms with E-state index in [0.29, 0.717) is 22.2 Å². The van der Waals surface area contributed by atoms with Crippen LogP contribution in [-0.2, 0) is 0 Å². The number of fused-ring (bicyclic) bond motifs is 1. The molecule has 0 aliphatic heterocycles. The minimum Gasteiger partial charge on any atom is -0.423 e. The summed E-state index contributed by atoms with van der Waals surface area (Å²) in [5, 5.41) is 18.5. The Bertz CT molecular complexity index is 440. The van der Waals surface area contributed by atoms with E-state index in [-0.39, 0.29) is 0 Å². The minimum atomic E-state index is -1.51. The van der Waals surface area contributed by atoms with Gasteiger partial charge in [-0.2, -0.15) is 0 Å². The van der Waals surface area contributed by atoms with E-state index in [1.165, 1.54) is 6.20 Å². The molecule has 0 saturated heterocycles. The molecule has 66 valence electrons. The molecule has 2 aromatic rings. The highest BCUT2D eigenvalue weighted by atomic mass is 16.4. The number of pyridine rings is 1. The third-order valence-electron chi connectivity index (χ3n) is 1.88. The third kappa shape index (κ3) is 1.26. The Hall–Kier alpha value is -1.53. The number of aromatic nitrogens is 2. The average Bonchev–Trinajstić information content (AvgIpc) is 2.47. The number of aromatic amines is 1. The summed E-state index contributed by atoms with van der Waals surface area (Å²) in [7, 11) is -1.51. The van der Waals surface area contributed by atoms with Gasteiger partial charge in [-0.25, -0.2) is 4.98 Å². The van der Waals surface area contributed by atoms with E-state index in [4.69, 9.17) is 15.8 Å². The molecule has 0 bridgehead atoms. The molecule has 0 aliphatic carbocycles. The Kier molecular flexibility index (Phi) is 1.71. The van der Waals surface area contributed by atoms with Crippen LogP contribution in [0.25, 0.3) is 11.0 Å². The highest BCUT2D eigenvalue weighted by Gasteiger charge is 2.12. The van der Waals surface area contributed by atoms with Crippen LogP contribution in [0.1, 0.15) is 0 Å². The molecular weight excluding hydrogens is 169 g/mol. The van der Waals surface area contributed by atoms with Crippen molar-refractivity contribution in [3.05, 3.63) is 18.5 Å². The molecule has 2 heterocycles. The first-order valence-electron chi connectivity index (χ1n) is 3.77. The summed E-state index contributed by atoms with van der Waals surface area (Å²) >= 11 is 0. The molecule has 5 N–H and O–H groups in total. The zero-order chi connectivity index (χ0) is 9.42. The SMILES string of the molecule is Nc1c[nH]c2ncc(B(O)O)cc12. The van der Waals surface area contributed by atoms with Crippen LogP contribution in [0.5, 0.6) is 0 Å². The average molecular weight is 177 g/mol. The number of hydrogen-bond acceptors (Lipinski definition) is 4. The summed E-state index contributed by atoms with van der Waals surface area (Å²) in [6.45, 7) is 0. The van der Waals surface area contributed by atoms with Crippen molar-refractivity contribution in [2.75, 3.05) is 5.73 Å². The van der Waals surface area contributed by atoms with Crippen LogP contribution >= 0.6 is 0 Å². The first-order valence-corrected chi connectivity index (χ1v) is 3.77. The molecule has 0 aliphatic rings. The van der Waals surface area contributed by atoms with Crippen molar-refractivity contribution < 1.29 is 10.0 Å². The predicted octanol–water partition coefficient (Wildman–Crippen LogP) is -1.18. The maximum Gasteiger partial charge on any atom is 0.490 e. The number of nitrogens with two attached hydrogens (primary N) is 1. The summed E-state index contributed by atoms with van der Waals surface area (Å²) in [5.74, 6) is 0. The zero-order valence-electron chi connectivity index (χ0n) is 6.73. The highest BCUT2D eigenvalue weighted by Crippen LogP contribution is 2.15. The Morgan fingerprint density at radius 3 is 2.92 bits per heavy atom. The van der Waals surface area contributed by atoms with E-state index in [9.17, 15) is 0 Å². The summed E-state index contributed by atoms with van der Waals surface area (Å²) in [6.07, 6.45) is 3.01. The Morgan fingerprint density at radius 2 is 2.23 bits per heavy atom. The number of nitrogens with one attached hydrogen (secondary N) is 1. The fourth-order valence-corrected chi connectivity index (χ4v) is 1.18. The van der Waals surface area contributed by atoms with Gasteiger partial charge in [-0.15, -0.1) is 0 Å². The van der Waals surface area contributed by atoms with Gasteiger partial charge in [0.1, 0.15) is 5.65 Å². The first kappa shape index (κ1) is 8.09. The van der Waals surface area contributed by atoms with Gasteiger partial charge < -0.3 is 20.8 Å². The monoisotopic (exact) mass is 177 g/mol. The molecule has 5 nitrogen and oxygen atoms in total. The third-order valence-corrected chi connectivity index (χ3v) is 1.88. The highest BCUT2D eigenvalue weighted by molar-refractivity contribution is 6.58. The molecule has 0 radical (unpaired) electrons. The van der Waals surface area contributed by atoms with E-state index in [1.54, 1.807) is 12.3 Å². The Balaban J connectivity index is 2.66. The van der Waals surface area contributed by atoms with Crippen molar-refractivity contribution in [3.63, 3.8) is 0 Å². The predicted molar refractivity (Wildman–Crippen MR) is 50.3 cm³/mol. The van der Waals surface area contributed by atoms with Gasteiger partial charge in [-0.3, -0.25) is 0 Å². The second-order valence-electron chi connectivity index (χ2n) is 2.78. The largest absolute Gasteiger partial charge is 0.490 e. The van der Waals surface area contributed by atoms with Gasteiger partial charge in [0.05, 0.1) is 5.69 Å². The number of nitrogens with zero attached hydrogens (tertiary/aromatic N) is 1. The fraction of sp³-hybridized carbons (Fsp3) is 0. The molecule has 0 unspecified atom stereocenters. The number of H-pyrrole nitrogens is 1. The quantitative estimate of drug-likeness (QED) is 0.412. The molecule has 0 amide bonds. The smallest absolute Gasteiger partial charge is 0.423 e. The molecule has 0 atom stereocenters. The topological polar surface area (TPSA) is 95.2 Å². The van der Waals surface area contributed by atoms with Crippen molar-refractivity contribution in [1.29, 1.82) is 0 Å². The zero-order valence-corrected chi connectivity index (χ0v) is 6.73. The number of nitrogen functional groups attached to an aromatic ring is 1. The molecule has 0 saturated carbocycles. The van der Waals surface area contributed by atoms with Crippen LogP contribution < -0.4 is 11.2 Å². The molecular formula is C7H8BN3O2. The van der Waals surface area contributed by atoms with E-state index in [2.05, 4.69) is 9.97 Å². The van der Waals surface area contributed by atoms with Gasteiger partial charge >= 0.3 is 7.12 Å². The lowest BCUT2D eigenvalue weighted by atomic mass is 9.81. The number of hydrogen-bond donors (Lipinski definition) is 4. The van der Waals surface area contributed by atoms with Crippen LogP contribution in [0.2, 0.25) is 0 Å². The molecule has 6 heteroatoms. The maximum absolute atomic E-state index is 8.88. The van der Waals surface area contributed by atoms with Gasteiger partial charge in [0.15, 0.2) is 0 Å². The second kappa shape index (κ2) is 2.76. The number of anilines is 1. The van der Waals surface area contributed by atoms with E-state index < -0.39 is 7.12 Å². The normalized spacial score (nSPS) is 10.6.